The number of rotatable bonds is 11. The first kappa shape index (κ1) is 53.5. The van der Waals surface area contributed by atoms with E-state index in [2.05, 4.69) is 273 Å². The van der Waals surface area contributed by atoms with Gasteiger partial charge in [-0.25, -0.2) is 19.8 Å². The lowest BCUT2D eigenvalue weighted by Gasteiger charge is -2.20. The van der Waals surface area contributed by atoms with Crippen LogP contribution in [0, 0.1) is 17.9 Å². The molecule has 0 saturated heterocycles. The van der Waals surface area contributed by atoms with Crippen LogP contribution in [0.5, 0.6) is 0 Å². The molecule has 8 nitrogen and oxygen atoms in total. The summed E-state index contributed by atoms with van der Waals surface area (Å²) >= 11 is 0. The zero-order chi connectivity index (χ0) is 61.2. The Balaban J connectivity index is 0.949. The standard InChI is InChI=1S/C84H52N8/c1-86-73-50-64(83-87-82(59-29-15-6-16-30-59)88-84(89-83)71-45-54(52-85)35-40-80(71)91-76-33-19-17-31-65(76)66-32-18-20-34-77(66)91)51-81(92-78-43-38-62(57-25-11-4-12-26-57)48-69(78)70-49-63(39-44-79(70)92)58-27-13-5-14-28-58)72(73)53-90-74-41-36-60(55-21-7-2-8-22-55)46-67(74)68-47-61(37-42-75(68)90)56-23-9-3-10-24-56/h2-51H,53H2. The van der Waals surface area contributed by atoms with Gasteiger partial charge in [-0.05, 0) is 136 Å². The number of aromatic nitrogens is 6. The number of hydrogen-bond acceptors (Lipinski definition) is 4. The Morgan fingerprint density at radius 2 is 0.696 bits per heavy atom. The predicted molar refractivity (Wildman–Crippen MR) is 376 cm³/mol. The molecule has 17 rings (SSSR count). The Morgan fingerprint density at radius 1 is 0.315 bits per heavy atom. The lowest BCUT2D eigenvalue weighted by atomic mass is 10.0. The van der Waals surface area contributed by atoms with Crippen LogP contribution in [-0.4, -0.2) is 28.7 Å². The highest BCUT2D eigenvalue weighted by molar-refractivity contribution is 6.14. The van der Waals surface area contributed by atoms with Crippen molar-refractivity contribution in [2.24, 2.45) is 0 Å². The third-order valence-electron chi connectivity index (χ3n) is 18.1. The zero-order valence-electron chi connectivity index (χ0n) is 49.7. The van der Waals surface area contributed by atoms with E-state index in [-0.39, 0.29) is 0 Å². The maximum absolute atomic E-state index is 10.6. The normalized spacial score (nSPS) is 11.5. The molecule has 0 fully saturated rings. The Morgan fingerprint density at radius 3 is 1.15 bits per heavy atom. The van der Waals surface area contributed by atoms with Crippen molar-refractivity contribution >= 4 is 71.1 Å². The first-order valence-electron chi connectivity index (χ1n) is 30.8. The van der Waals surface area contributed by atoms with Crippen molar-refractivity contribution in [3.63, 3.8) is 0 Å². The van der Waals surface area contributed by atoms with E-state index in [1.54, 1.807) is 0 Å². The monoisotopic (exact) mass is 1170 g/mol. The van der Waals surface area contributed by atoms with Crippen LogP contribution >= 0.6 is 0 Å². The van der Waals surface area contributed by atoms with Gasteiger partial charge >= 0.3 is 0 Å². The number of nitrogens with zero attached hydrogens (tertiary/aromatic N) is 8. The summed E-state index contributed by atoms with van der Waals surface area (Å²) in [5.41, 5.74) is 20.4. The second kappa shape index (κ2) is 22.1. The lowest BCUT2D eigenvalue weighted by Crippen LogP contribution is -2.08. The van der Waals surface area contributed by atoms with Crippen LogP contribution in [0.4, 0.5) is 5.69 Å². The summed E-state index contributed by atoms with van der Waals surface area (Å²) in [6, 6.07) is 108. The van der Waals surface area contributed by atoms with E-state index in [0.717, 1.165) is 132 Å². The Kier molecular flexibility index (Phi) is 12.9. The van der Waals surface area contributed by atoms with Crippen molar-refractivity contribution in [3.8, 4) is 96.1 Å². The highest BCUT2D eigenvalue weighted by Crippen LogP contribution is 2.45. The van der Waals surface area contributed by atoms with Gasteiger partial charge in [-0.1, -0.05) is 212 Å². The molecule has 92 heavy (non-hydrogen) atoms. The molecule has 0 amide bonds. The van der Waals surface area contributed by atoms with E-state index in [1.807, 2.05) is 54.6 Å². The molecule has 428 valence electrons. The van der Waals surface area contributed by atoms with Crippen molar-refractivity contribution in [3.05, 3.63) is 326 Å². The van der Waals surface area contributed by atoms with Crippen LogP contribution in [0.15, 0.2) is 303 Å². The van der Waals surface area contributed by atoms with Gasteiger partial charge in [-0.15, -0.1) is 0 Å². The average molecular weight is 1170 g/mol. The highest BCUT2D eigenvalue weighted by Gasteiger charge is 2.26. The van der Waals surface area contributed by atoms with Gasteiger partial charge < -0.3 is 13.7 Å². The highest BCUT2D eigenvalue weighted by atomic mass is 15.1. The number of para-hydroxylation sites is 2. The third-order valence-corrected chi connectivity index (χ3v) is 18.1. The summed E-state index contributed by atoms with van der Waals surface area (Å²) in [6.07, 6.45) is 0. The van der Waals surface area contributed by atoms with E-state index >= 15 is 0 Å². The Bertz CT molecular complexity index is 5610. The minimum Gasteiger partial charge on any atom is -0.337 e. The molecule has 0 saturated carbocycles. The predicted octanol–water partition coefficient (Wildman–Crippen LogP) is 21.3. The first-order valence-corrected chi connectivity index (χ1v) is 30.8. The van der Waals surface area contributed by atoms with Gasteiger partial charge in [-0.3, -0.25) is 0 Å². The molecule has 0 aliphatic carbocycles. The summed E-state index contributed by atoms with van der Waals surface area (Å²) in [7, 11) is 0. The first-order chi connectivity index (χ1) is 45.5. The van der Waals surface area contributed by atoms with Gasteiger partial charge in [-0.2, -0.15) is 5.26 Å². The molecule has 13 aromatic carbocycles. The third kappa shape index (κ3) is 9.09. The molecule has 0 aliphatic heterocycles. The molecule has 0 N–H and O–H groups in total. The molecule has 8 heteroatoms. The maximum Gasteiger partial charge on any atom is 0.194 e. The summed E-state index contributed by atoms with van der Waals surface area (Å²) in [5, 5.41) is 17.2. The van der Waals surface area contributed by atoms with Gasteiger partial charge in [0.25, 0.3) is 0 Å². The van der Waals surface area contributed by atoms with Gasteiger partial charge in [0.1, 0.15) is 0 Å². The molecule has 0 radical (unpaired) electrons. The summed E-state index contributed by atoms with van der Waals surface area (Å²) in [5.74, 6) is 1.20. The number of fused-ring (bicyclic) bond motifs is 9. The number of benzene rings is 13. The van der Waals surface area contributed by atoms with Crippen LogP contribution in [-0.2, 0) is 6.54 Å². The van der Waals surface area contributed by atoms with Crippen LogP contribution in [0.1, 0.15) is 11.1 Å². The summed E-state index contributed by atoms with van der Waals surface area (Å²) in [4.78, 5) is 20.8. The van der Waals surface area contributed by atoms with E-state index in [1.165, 1.54) is 0 Å². The molecule has 0 aliphatic rings. The van der Waals surface area contributed by atoms with Gasteiger partial charge in [0.05, 0.1) is 46.0 Å². The van der Waals surface area contributed by atoms with E-state index < -0.39 is 0 Å². The topological polar surface area (TPSA) is 81.6 Å². The lowest BCUT2D eigenvalue weighted by molar-refractivity contribution is 0.862. The molecule has 0 spiro atoms. The van der Waals surface area contributed by atoms with Crippen LogP contribution in [0.2, 0.25) is 0 Å². The largest absolute Gasteiger partial charge is 0.337 e. The van der Waals surface area contributed by atoms with Crippen LogP contribution in [0.25, 0.3) is 160 Å². The smallest absolute Gasteiger partial charge is 0.194 e. The van der Waals surface area contributed by atoms with Crippen molar-refractivity contribution in [1.82, 2.24) is 28.7 Å². The van der Waals surface area contributed by atoms with Crippen molar-refractivity contribution in [1.29, 1.82) is 5.26 Å². The van der Waals surface area contributed by atoms with Gasteiger partial charge in [0.15, 0.2) is 23.2 Å². The molecule has 4 aromatic heterocycles. The summed E-state index contributed by atoms with van der Waals surface area (Å²) in [6.45, 7) is 9.74. The van der Waals surface area contributed by atoms with E-state index in [0.29, 0.717) is 46.4 Å². The minimum absolute atomic E-state index is 0.342. The zero-order valence-corrected chi connectivity index (χ0v) is 49.7. The molecular weight excluding hydrogens is 1120 g/mol. The molecule has 17 aromatic rings. The Labute approximate surface area is 530 Å². The van der Waals surface area contributed by atoms with Crippen molar-refractivity contribution in [2.45, 2.75) is 6.54 Å². The summed E-state index contributed by atoms with van der Waals surface area (Å²) < 4.78 is 6.99. The molecule has 0 bridgehead atoms. The SMILES string of the molecule is [C-]#[N+]c1cc(-c2nc(-c3ccccc3)nc(-c3cc(C#N)ccc3-n3c4ccccc4c4ccccc43)n2)cc(-n2c3ccc(-c4ccccc4)cc3c3cc(-c4ccccc4)ccc32)c1Cn1c2ccc(-c3ccccc3)cc2c2cc(-c3ccccc3)ccc21. The van der Waals surface area contributed by atoms with Crippen molar-refractivity contribution < 1.29 is 0 Å². The molecular formula is C84H52N8. The van der Waals surface area contributed by atoms with Gasteiger partial charge in [0.2, 0.25) is 0 Å². The number of nitriles is 1. The van der Waals surface area contributed by atoms with Crippen LogP contribution < -0.4 is 0 Å². The molecule has 4 heterocycles. The fourth-order valence-corrected chi connectivity index (χ4v) is 13.7. The second-order valence-electron chi connectivity index (χ2n) is 23.3. The number of hydrogen-bond donors (Lipinski definition) is 0. The fourth-order valence-electron chi connectivity index (χ4n) is 13.7. The second-order valence-corrected chi connectivity index (χ2v) is 23.3. The molecule has 0 atom stereocenters. The van der Waals surface area contributed by atoms with Crippen LogP contribution in [0.3, 0.4) is 0 Å². The Hall–Kier alpha value is -12.8. The maximum atomic E-state index is 10.6. The minimum atomic E-state index is 0.342. The fraction of sp³-hybridized carbons (Fsp3) is 0.0119. The van der Waals surface area contributed by atoms with Crippen molar-refractivity contribution in [2.75, 3.05) is 0 Å². The van der Waals surface area contributed by atoms with E-state index in [9.17, 15) is 11.8 Å². The van der Waals surface area contributed by atoms with Gasteiger partial charge in [0, 0.05) is 77.8 Å². The van der Waals surface area contributed by atoms with E-state index in [4.69, 9.17) is 15.0 Å². The average Bonchev–Trinajstić information content (AvgIpc) is 1.57. The molecule has 0 unspecified atom stereocenters. The quantitative estimate of drug-likeness (QED) is 0.121.